The zero-order valence-electron chi connectivity index (χ0n) is 13.3. The molecule has 0 aliphatic carbocycles. The molecule has 0 amide bonds. The maximum atomic E-state index is 12.8. The number of aromatic hydroxyl groups is 2. The van der Waals surface area contributed by atoms with Gasteiger partial charge in [0.25, 0.3) is 0 Å². The van der Waals surface area contributed by atoms with E-state index >= 15 is 0 Å². The topological polar surface area (TPSA) is 95.6 Å². The minimum absolute atomic E-state index is 0.0369. The van der Waals surface area contributed by atoms with Gasteiger partial charge in [0, 0.05) is 17.4 Å². The van der Waals surface area contributed by atoms with Crippen molar-refractivity contribution >= 4 is 17.5 Å². The van der Waals surface area contributed by atoms with Gasteiger partial charge in [-0.3, -0.25) is 4.79 Å². The molecule has 1 aromatic heterocycles. The number of aliphatic hydroxyl groups excluding tert-OH is 1. The first kappa shape index (κ1) is 15.9. The summed E-state index contributed by atoms with van der Waals surface area (Å²) in [6.07, 6.45) is 1.28. The van der Waals surface area contributed by atoms with Crippen LogP contribution < -0.4 is 0 Å². The number of nitrogens with zero attached hydrogens (tertiary/aromatic N) is 2. The zero-order chi connectivity index (χ0) is 17.1. The predicted octanol–water partition coefficient (Wildman–Crippen LogP) is 2.07. The number of thioether (sulfide) groups is 1. The van der Waals surface area contributed by atoms with Gasteiger partial charge in [-0.2, -0.15) is 5.10 Å². The SMILES string of the molecule is Cc1c(C(=O)c2cnn(C)c2O)c(O)cc2c1C(C)(C)C(O)S2. The average molecular weight is 334 g/mol. The molecule has 0 fully saturated rings. The Hall–Kier alpha value is -1.99. The van der Waals surface area contributed by atoms with Crippen LogP contribution in [0, 0.1) is 6.92 Å². The van der Waals surface area contributed by atoms with E-state index in [1.165, 1.54) is 35.8 Å². The highest BCUT2D eigenvalue weighted by Crippen LogP contribution is 2.52. The first-order chi connectivity index (χ1) is 10.7. The molecule has 23 heavy (non-hydrogen) atoms. The van der Waals surface area contributed by atoms with E-state index in [-0.39, 0.29) is 22.8 Å². The predicted molar refractivity (Wildman–Crippen MR) is 86.0 cm³/mol. The fraction of sp³-hybridized carbons (Fsp3) is 0.375. The summed E-state index contributed by atoms with van der Waals surface area (Å²) < 4.78 is 1.19. The molecule has 1 aliphatic rings. The Kier molecular flexibility index (Phi) is 3.46. The molecule has 1 unspecified atom stereocenters. The molecule has 7 heteroatoms. The third-order valence-corrected chi connectivity index (χ3v) is 5.79. The van der Waals surface area contributed by atoms with E-state index in [0.717, 1.165) is 10.5 Å². The number of hydrogen-bond acceptors (Lipinski definition) is 6. The van der Waals surface area contributed by atoms with Gasteiger partial charge in [-0.1, -0.05) is 25.6 Å². The molecule has 0 spiro atoms. The number of phenols is 1. The normalized spacial score (nSPS) is 18.9. The molecule has 0 saturated carbocycles. The van der Waals surface area contributed by atoms with Gasteiger partial charge in [0.15, 0.2) is 0 Å². The van der Waals surface area contributed by atoms with Crippen molar-refractivity contribution < 1.29 is 20.1 Å². The second-order valence-electron chi connectivity index (χ2n) is 6.30. The summed E-state index contributed by atoms with van der Waals surface area (Å²) in [4.78, 5) is 13.5. The lowest BCUT2D eigenvalue weighted by Gasteiger charge is -2.25. The molecule has 2 heterocycles. The highest BCUT2D eigenvalue weighted by atomic mass is 32.2. The Morgan fingerprint density at radius 2 is 2.04 bits per heavy atom. The second-order valence-corrected chi connectivity index (χ2v) is 7.42. The van der Waals surface area contributed by atoms with Gasteiger partial charge in [0.05, 0.1) is 11.8 Å². The van der Waals surface area contributed by atoms with Crippen LogP contribution in [0.2, 0.25) is 0 Å². The Bertz CT molecular complexity index is 826. The summed E-state index contributed by atoms with van der Waals surface area (Å²) in [5.41, 5.74) is 0.448. The van der Waals surface area contributed by atoms with E-state index in [0.29, 0.717) is 5.56 Å². The van der Waals surface area contributed by atoms with Crippen molar-refractivity contribution in [3.8, 4) is 11.6 Å². The van der Waals surface area contributed by atoms with Crippen molar-refractivity contribution in [2.24, 2.45) is 7.05 Å². The molecule has 0 saturated heterocycles. The van der Waals surface area contributed by atoms with Gasteiger partial charge in [-0.05, 0) is 24.1 Å². The van der Waals surface area contributed by atoms with Crippen LogP contribution in [-0.4, -0.2) is 36.3 Å². The summed E-state index contributed by atoms with van der Waals surface area (Å²) in [6.45, 7) is 5.55. The Morgan fingerprint density at radius 3 is 2.61 bits per heavy atom. The molecule has 1 aliphatic heterocycles. The summed E-state index contributed by atoms with van der Waals surface area (Å²) in [6, 6.07) is 1.51. The molecular formula is C16H18N2O4S. The van der Waals surface area contributed by atoms with E-state index in [2.05, 4.69) is 5.10 Å². The third kappa shape index (κ3) is 2.14. The van der Waals surface area contributed by atoms with Gasteiger partial charge in [-0.15, -0.1) is 0 Å². The third-order valence-electron chi connectivity index (χ3n) is 4.40. The standard InChI is InChI=1S/C16H18N2O4S/c1-7-11(13(20)8-6-17-18(4)14(8)21)9(19)5-10-12(7)16(2,3)15(22)23-10/h5-6,15,19,21-22H,1-4H3. The second kappa shape index (κ2) is 5.01. The van der Waals surface area contributed by atoms with Crippen LogP contribution in [0.5, 0.6) is 11.6 Å². The van der Waals surface area contributed by atoms with Gasteiger partial charge < -0.3 is 15.3 Å². The number of benzene rings is 1. The van der Waals surface area contributed by atoms with Crippen molar-refractivity contribution in [1.29, 1.82) is 0 Å². The molecule has 6 nitrogen and oxygen atoms in total. The molecule has 1 aromatic carbocycles. The largest absolute Gasteiger partial charge is 0.507 e. The lowest BCUT2D eigenvalue weighted by atomic mass is 9.80. The van der Waals surface area contributed by atoms with Gasteiger partial charge >= 0.3 is 0 Å². The van der Waals surface area contributed by atoms with E-state index in [1.54, 1.807) is 6.92 Å². The van der Waals surface area contributed by atoms with Crippen LogP contribution in [-0.2, 0) is 12.5 Å². The molecular weight excluding hydrogens is 316 g/mol. The van der Waals surface area contributed by atoms with Crippen molar-refractivity contribution in [2.45, 2.75) is 36.5 Å². The quantitative estimate of drug-likeness (QED) is 0.728. The maximum absolute atomic E-state index is 12.8. The minimum atomic E-state index is -0.646. The monoisotopic (exact) mass is 334 g/mol. The lowest BCUT2D eigenvalue weighted by Crippen LogP contribution is -2.27. The number of phenolic OH excluding ortho intramolecular Hbond substituents is 1. The Morgan fingerprint density at radius 1 is 1.39 bits per heavy atom. The van der Waals surface area contributed by atoms with E-state index < -0.39 is 16.6 Å². The minimum Gasteiger partial charge on any atom is -0.507 e. The summed E-state index contributed by atoms with van der Waals surface area (Å²) in [5.74, 6) is -0.898. The first-order valence-electron chi connectivity index (χ1n) is 7.13. The number of rotatable bonds is 2. The molecule has 1 atom stereocenters. The Labute approximate surface area is 137 Å². The number of aliphatic hydroxyl groups is 1. The molecule has 3 N–H and O–H groups in total. The van der Waals surface area contributed by atoms with Crippen LogP contribution >= 0.6 is 11.8 Å². The molecule has 0 radical (unpaired) electrons. The van der Waals surface area contributed by atoms with E-state index in [1.807, 2.05) is 13.8 Å². The maximum Gasteiger partial charge on any atom is 0.220 e. The van der Waals surface area contributed by atoms with Crippen molar-refractivity contribution in [3.63, 3.8) is 0 Å². The van der Waals surface area contributed by atoms with Crippen LogP contribution in [0.3, 0.4) is 0 Å². The van der Waals surface area contributed by atoms with Crippen molar-refractivity contribution in [2.75, 3.05) is 0 Å². The average Bonchev–Trinajstić information content (AvgIpc) is 2.88. The zero-order valence-corrected chi connectivity index (χ0v) is 14.1. The smallest absolute Gasteiger partial charge is 0.220 e. The molecule has 2 aromatic rings. The number of aryl methyl sites for hydroxylation is 1. The highest BCUT2D eigenvalue weighted by molar-refractivity contribution is 8.00. The number of carbonyl (C=O) groups is 1. The molecule has 122 valence electrons. The summed E-state index contributed by atoms with van der Waals surface area (Å²) in [7, 11) is 1.53. The number of fused-ring (bicyclic) bond motifs is 1. The molecule has 3 rings (SSSR count). The fourth-order valence-electron chi connectivity index (χ4n) is 3.07. The number of ketones is 1. The van der Waals surface area contributed by atoms with Gasteiger partial charge in [0.1, 0.15) is 16.7 Å². The van der Waals surface area contributed by atoms with E-state index in [9.17, 15) is 20.1 Å². The molecule has 0 bridgehead atoms. The summed E-state index contributed by atoms with van der Waals surface area (Å²) in [5, 5.41) is 34.3. The number of aromatic nitrogens is 2. The first-order valence-corrected chi connectivity index (χ1v) is 8.01. The van der Waals surface area contributed by atoms with Crippen molar-refractivity contribution in [1.82, 2.24) is 9.78 Å². The lowest BCUT2D eigenvalue weighted by molar-refractivity contribution is 0.103. The van der Waals surface area contributed by atoms with Crippen molar-refractivity contribution in [3.05, 3.63) is 34.5 Å². The number of carbonyl (C=O) groups excluding carboxylic acids is 1. The van der Waals surface area contributed by atoms with Crippen LogP contribution in [0.25, 0.3) is 0 Å². The highest BCUT2D eigenvalue weighted by Gasteiger charge is 2.42. The Balaban J connectivity index is 2.21. The van der Waals surface area contributed by atoms with Crippen LogP contribution in [0.4, 0.5) is 0 Å². The van der Waals surface area contributed by atoms with Gasteiger partial charge in [0.2, 0.25) is 11.7 Å². The number of hydrogen-bond donors (Lipinski definition) is 3. The van der Waals surface area contributed by atoms with E-state index in [4.69, 9.17) is 0 Å². The van der Waals surface area contributed by atoms with Crippen LogP contribution in [0.1, 0.15) is 40.9 Å². The van der Waals surface area contributed by atoms with Crippen LogP contribution in [0.15, 0.2) is 17.2 Å². The van der Waals surface area contributed by atoms with Gasteiger partial charge in [-0.25, -0.2) is 4.68 Å². The summed E-state index contributed by atoms with van der Waals surface area (Å²) >= 11 is 1.27. The fourth-order valence-corrected chi connectivity index (χ4v) is 4.43.